The van der Waals surface area contributed by atoms with Gasteiger partial charge in [-0.05, 0) is 57.6 Å². The maximum Gasteiger partial charge on any atom is 0.278 e. The zero-order valence-corrected chi connectivity index (χ0v) is 26.4. The number of rotatable bonds is 8. The maximum absolute atomic E-state index is 13.9. The number of fused-ring (bicyclic) bond motifs is 1. The van der Waals surface area contributed by atoms with Gasteiger partial charge in [0.1, 0.15) is 23.2 Å². The van der Waals surface area contributed by atoms with E-state index < -0.39 is 0 Å². The van der Waals surface area contributed by atoms with Crippen LogP contribution in [0.2, 0.25) is 0 Å². The van der Waals surface area contributed by atoms with Gasteiger partial charge < -0.3 is 24.8 Å². The van der Waals surface area contributed by atoms with Gasteiger partial charge in [-0.2, -0.15) is 4.98 Å². The summed E-state index contributed by atoms with van der Waals surface area (Å²) in [6, 6.07) is 15.8. The molecule has 2 aromatic carbocycles. The summed E-state index contributed by atoms with van der Waals surface area (Å²) in [6.45, 7) is 9.76. The first kappa shape index (κ1) is 31.8. The molecule has 6 rings (SSSR count). The van der Waals surface area contributed by atoms with Crippen LogP contribution in [0.25, 0.3) is 22.4 Å². The molecule has 1 N–H and O–H groups in total. The average molecular weight is 611 g/mol. The molecule has 0 spiro atoms. The largest absolute Gasteiger partial charge is 0.494 e. The van der Waals surface area contributed by atoms with Gasteiger partial charge in [-0.25, -0.2) is 9.97 Å². The van der Waals surface area contributed by atoms with Crippen LogP contribution in [-0.4, -0.2) is 96.1 Å². The number of allylic oxidation sites excluding steroid dienone is 1. The number of anilines is 3. The molecule has 0 amide bonds. The minimum absolute atomic E-state index is 0.129. The number of hydrogen-bond acceptors (Lipinski definition) is 10. The van der Waals surface area contributed by atoms with Gasteiger partial charge in [0.15, 0.2) is 5.65 Å². The molecule has 45 heavy (non-hydrogen) atoms. The number of nitrogens with one attached hydrogen (secondary N) is 1. The lowest BCUT2D eigenvalue weighted by Crippen LogP contribution is -2.44. The minimum atomic E-state index is -0.129. The SMILES string of the molecule is C=CC=O.COc1cc(N2CCN(C)CC2)ccc1Nc1ncc2nc(-c3ccccc3)c(=O)n(CC3CCCN(C)C3)c2n1. The third kappa shape index (κ3) is 7.73. The molecular formula is C34H42N8O3. The van der Waals surface area contributed by atoms with Crippen LogP contribution in [0.5, 0.6) is 5.75 Å². The van der Waals surface area contributed by atoms with Gasteiger partial charge in [0.05, 0.1) is 19.0 Å². The number of benzene rings is 2. The Balaban J connectivity index is 0.000000945. The molecule has 4 heterocycles. The molecule has 11 heteroatoms. The van der Waals surface area contributed by atoms with Crippen LogP contribution < -0.4 is 20.5 Å². The second-order valence-corrected chi connectivity index (χ2v) is 11.6. The number of carbonyl (C=O) groups is 1. The Labute approximate surface area is 264 Å². The molecular weight excluding hydrogens is 568 g/mol. The lowest BCUT2D eigenvalue weighted by Gasteiger charge is -2.34. The van der Waals surface area contributed by atoms with Crippen molar-refractivity contribution in [2.24, 2.45) is 5.92 Å². The van der Waals surface area contributed by atoms with Crippen LogP contribution in [0.3, 0.4) is 0 Å². The Kier molecular flexibility index (Phi) is 10.5. The van der Waals surface area contributed by atoms with Crippen LogP contribution in [0.15, 0.2) is 72.2 Å². The van der Waals surface area contributed by atoms with Crippen LogP contribution in [0.4, 0.5) is 17.3 Å². The highest BCUT2D eigenvalue weighted by Crippen LogP contribution is 2.32. The lowest BCUT2D eigenvalue weighted by atomic mass is 9.98. The molecule has 0 bridgehead atoms. The standard InChI is InChI=1S/C31H38N8O2.C3H4O/c1-36-14-16-38(17-15-36)24-11-12-25(27(18-24)41-3)34-31-32-19-26-29(35-31)39(21-22-8-7-13-37(2)20-22)30(40)28(33-26)23-9-5-4-6-10-23;1-2-3-4/h4-6,9-12,18-19,22H,7-8,13-17,20-21H2,1-3H3,(H,32,34,35);2-3H,1H2. The first-order chi connectivity index (χ1) is 21.9. The monoisotopic (exact) mass is 610 g/mol. The molecule has 0 radical (unpaired) electrons. The lowest BCUT2D eigenvalue weighted by molar-refractivity contribution is -0.104. The predicted octanol–water partition coefficient (Wildman–Crippen LogP) is 4.07. The summed E-state index contributed by atoms with van der Waals surface area (Å²) in [4.78, 5) is 44.2. The van der Waals surface area contributed by atoms with E-state index in [1.165, 1.54) is 6.08 Å². The van der Waals surface area contributed by atoms with Gasteiger partial charge in [0.25, 0.3) is 5.56 Å². The van der Waals surface area contributed by atoms with E-state index in [0.29, 0.717) is 47.3 Å². The van der Waals surface area contributed by atoms with E-state index in [1.807, 2.05) is 36.4 Å². The summed E-state index contributed by atoms with van der Waals surface area (Å²) in [6.07, 6.45) is 5.73. The maximum atomic E-state index is 13.9. The second kappa shape index (κ2) is 14.9. The molecule has 2 aliphatic rings. The van der Waals surface area contributed by atoms with Gasteiger partial charge >= 0.3 is 0 Å². The molecule has 236 valence electrons. The van der Waals surface area contributed by atoms with Crippen LogP contribution in [0, 0.1) is 5.92 Å². The Morgan fingerprint density at radius 1 is 1.02 bits per heavy atom. The Bertz CT molecular complexity index is 1660. The number of piperidine rings is 1. The molecule has 4 aromatic rings. The van der Waals surface area contributed by atoms with Crippen molar-refractivity contribution in [1.82, 2.24) is 29.3 Å². The van der Waals surface area contributed by atoms with Crippen molar-refractivity contribution in [3.63, 3.8) is 0 Å². The van der Waals surface area contributed by atoms with Crippen LogP contribution >= 0.6 is 0 Å². The van der Waals surface area contributed by atoms with Crippen molar-refractivity contribution >= 4 is 34.8 Å². The van der Waals surface area contributed by atoms with E-state index in [0.717, 1.165) is 69.0 Å². The van der Waals surface area contributed by atoms with Crippen molar-refractivity contribution in [2.45, 2.75) is 19.4 Å². The quantitative estimate of drug-likeness (QED) is 0.232. The fourth-order valence-electron chi connectivity index (χ4n) is 5.90. The zero-order chi connectivity index (χ0) is 31.8. The zero-order valence-electron chi connectivity index (χ0n) is 26.4. The predicted molar refractivity (Wildman–Crippen MR) is 179 cm³/mol. The molecule has 0 aliphatic carbocycles. The van der Waals surface area contributed by atoms with Gasteiger partial charge in [-0.3, -0.25) is 14.2 Å². The molecule has 2 saturated heterocycles. The van der Waals surface area contributed by atoms with Crippen molar-refractivity contribution < 1.29 is 9.53 Å². The van der Waals surface area contributed by atoms with Gasteiger partial charge in [-0.15, -0.1) is 0 Å². The van der Waals surface area contributed by atoms with E-state index in [1.54, 1.807) is 17.9 Å². The fraction of sp³-hybridized carbons (Fsp3) is 0.382. The molecule has 1 atom stereocenters. The Morgan fingerprint density at radius 2 is 1.78 bits per heavy atom. The number of hydrogen-bond donors (Lipinski definition) is 1. The second-order valence-electron chi connectivity index (χ2n) is 11.6. The third-order valence-electron chi connectivity index (χ3n) is 8.29. The number of likely N-dealkylation sites (N-methyl/N-ethyl adjacent to an activating group) is 1. The highest BCUT2D eigenvalue weighted by atomic mass is 16.5. The molecule has 2 aliphatic heterocycles. The molecule has 1 unspecified atom stereocenters. The van der Waals surface area contributed by atoms with Crippen LogP contribution in [-0.2, 0) is 11.3 Å². The summed E-state index contributed by atoms with van der Waals surface area (Å²) in [7, 11) is 5.96. The molecule has 2 fully saturated rings. The number of aldehydes is 1. The van der Waals surface area contributed by atoms with E-state index >= 15 is 0 Å². The first-order valence-electron chi connectivity index (χ1n) is 15.4. The topological polar surface area (TPSA) is 109 Å². The number of piperazine rings is 1. The van der Waals surface area contributed by atoms with Gasteiger partial charge in [-0.1, -0.05) is 36.9 Å². The summed E-state index contributed by atoms with van der Waals surface area (Å²) in [5.41, 5.74) is 4.11. The van der Waals surface area contributed by atoms with Crippen molar-refractivity contribution in [3.05, 3.63) is 77.7 Å². The number of carbonyl (C=O) groups excluding carboxylic acids is 1. The summed E-state index contributed by atoms with van der Waals surface area (Å²) in [5, 5.41) is 3.33. The highest BCUT2D eigenvalue weighted by Gasteiger charge is 2.22. The summed E-state index contributed by atoms with van der Waals surface area (Å²) >= 11 is 0. The third-order valence-corrected chi connectivity index (χ3v) is 8.29. The first-order valence-corrected chi connectivity index (χ1v) is 15.4. The van der Waals surface area contributed by atoms with Gasteiger partial charge in [0, 0.05) is 56.6 Å². The number of aromatic nitrogens is 4. The number of methoxy groups -OCH3 is 1. The van der Waals surface area contributed by atoms with Gasteiger partial charge in [0.2, 0.25) is 5.95 Å². The van der Waals surface area contributed by atoms with E-state index in [4.69, 9.17) is 19.5 Å². The van der Waals surface area contributed by atoms with E-state index in [-0.39, 0.29) is 5.56 Å². The number of nitrogens with zero attached hydrogens (tertiary/aromatic N) is 7. The van der Waals surface area contributed by atoms with Crippen molar-refractivity contribution in [1.29, 1.82) is 0 Å². The molecule has 2 aromatic heterocycles. The fourth-order valence-corrected chi connectivity index (χ4v) is 5.90. The van der Waals surface area contributed by atoms with E-state index in [9.17, 15) is 4.79 Å². The van der Waals surface area contributed by atoms with Crippen molar-refractivity contribution in [2.75, 3.05) is 70.7 Å². The van der Waals surface area contributed by atoms with Crippen molar-refractivity contribution in [3.8, 4) is 17.0 Å². The Hall–Kier alpha value is -4.61. The van der Waals surface area contributed by atoms with Crippen LogP contribution in [0.1, 0.15) is 12.8 Å². The minimum Gasteiger partial charge on any atom is -0.494 e. The molecule has 0 saturated carbocycles. The number of ether oxygens (including phenoxy) is 1. The Morgan fingerprint density at radius 3 is 2.47 bits per heavy atom. The average Bonchev–Trinajstić information content (AvgIpc) is 3.07. The normalized spacial score (nSPS) is 17.3. The number of likely N-dealkylation sites (tertiary alicyclic amines) is 1. The van der Waals surface area contributed by atoms with E-state index in [2.05, 4.69) is 57.8 Å². The highest BCUT2D eigenvalue weighted by molar-refractivity contribution is 5.76. The molecule has 11 nitrogen and oxygen atoms in total. The summed E-state index contributed by atoms with van der Waals surface area (Å²) < 4.78 is 7.55. The summed E-state index contributed by atoms with van der Waals surface area (Å²) in [5.74, 6) is 1.46. The smallest absolute Gasteiger partial charge is 0.278 e.